The molecule has 0 aliphatic heterocycles. The van der Waals surface area contributed by atoms with Crippen LogP contribution in [0.2, 0.25) is 0 Å². The van der Waals surface area contributed by atoms with Gasteiger partial charge in [0.25, 0.3) is 5.56 Å². The fraction of sp³-hybridized carbons (Fsp3) is 0. The van der Waals surface area contributed by atoms with Crippen molar-refractivity contribution in [2.75, 3.05) is 0 Å². The van der Waals surface area contributed by atoms with E-state index in [-0.39, 0.29) is 5.56 Å². The molecule has 0 saturated heterocycles. The first-order valence-corrected chi connectivity index (χ1v) is 2.89. The molecule has 0 fully saturated rings. The van der Waals surface area contributed by atoms with Crippen LogP contribution in [0.25, 0.3) is 10.9 Å². The van der Waals surface area contributed by atoms with E-state index in [1.165, 1.54) is 0 Å². The zero-order valence-electron chi connectivity index (χ0n) is 5.09. The highest BCUT2D eigenvalue weighted by Crippen LogP contribution is 2.01. The van der Waals surface area contributed by atoms with Gasteiger partial charge in [-0.05, 0) is 6.07 Å². The molecule has 0 saturated carbocycles. The maximum atomic E-state index is 10.9. The molecular weight excluding hydrogens is 130 g/mol. The summed E-state index contributed by atoms with van der Waals surface area (Å²) in [5.41, 5.74) is 0.613. The number of fused-ring (bicyclic) bond motifs is 1. The predicted octanol–water partition coefficient (Wildman–Crippen LogP) is 0.251. The Morgan fingerprint density at radius 2 is 2.40 bits per heavy atom. The molecule has 0 atom stereocenters. The first kappa shape index (κ1) is 5.22. The highest BCUT2D eigenvalue weighted by molar-refractivity contribution is 5.76. The van der Waals surface area contributed by atoms with Crippen molar-refractivity contribution in [3.05, 3.63) is 28.8 Å². The number of aromatic nitrogens is 3. The van der Waals surface area contributed by atoms with Crippen LogP contribution >= 0.6 is 0 Å². The van der Waals surface area contributed by atoms with E-state index in [0.29, 0.717) is 5.39 Å². The van der Waals surface area contributed by atoms with Crippen molar-refractivity contribution in [3.8, 4) is 0 Å². The van der Waals surface area contributed by atoms with Crippen molar-refractivity contribution in [3.63, 3.8) is 0 Å². The van der Waals surface area contributed by atoms with Crippen LogP contribution in [-0.2, 0) is 0 Å². The minimum absolute atomic E-state index is 0.154. The van der Waals surface area contributed by atoms with E-state index >= 15 is 0 Å². The molecule has 10 heavy (non-hydrogen) atoms. The van der Waals surface area contributed by atoms with Crippen LogP contribution < -0.4 is 5.56 Å². The number of aromatic amines is 2. The Morgan fingerprint density at radius 3 is 3.20 bits per heavy atom. The van der Waals surface area contributed by atoms with Crippen LogP contribution in [-0.4, -0.2) is 15.2 Å². The quantitative estimate of drug-likeness (QED) is 0.544. The molecule has 0 unspecified atom stereocenters. The molecule has 2 rings (SSSR count). The summed E-state index contributed by atoms with van der Waals surface area (Å²) in [6, 6.07) is 1.72. The van der Waals surface area contributed by atoms with E-state index < -0.39 is 0 Å². The molecule has 2 aromatic heterocycles. The lowest BCUT2D eigenvalue weighted by Gasteiger charge is -1.83. The van der Waals surface area contributed by atoms with E-state index in [1.807, 2.05) is 0 Å². The summed E-state index contributed by atoms with van der Waals surface area (Å²) in [4.78, 5) is 13.8. The van der Waals surface area contributed by atoms with Gasteiger partial charge in [0.05, 0.1) is 17.1 Å². The standard InChI is InChI=1S/C6H5N3O/c10-6-4-1-2-7-5(4)3-8-9-6/h1-3,7H,(H,9,10). The van der Waals surface area contributed by atoms with E-state index in [4.69, 9.17) is 0 Å². The Bertz CT molecular complexity index is 400. The number of rotatable bonds is 0. The third kappa shape index (κ3) is 0.556. The van der Waals surface area contributed by atoms with Gasteiger partial charge in [0.2, 0.25) is 0 Å². The Hall–Kier alpha value is -1.58. The van der Waals surface area contributed by atoms with E-state index in [2.05, 4.69) is 15.2 Å². The maximum Gasteiger partial charge on any atom is 0.273 e. The zero-order chi connectivity index (χ0) is 6.97. The third-order valence-electron chi connectivity index (χ3n) is 1.38. The van der Waals surface area contributed by atoms with Gasteiger partial charge < -0.3 is 4.98 Å². The first-order valence-electron chi connectivity index (χ1n) is 2.89. The highest BCUT2D eigenvalue weighted by atomic mass is 16.1. The summed E-state index contributed by atoms with van der Waals surface area (Å²) < 4.78 is 0. The van der Waals surface area contributed by atoms with Crippen LogP contribution in [0.5, 0.6) is 0 Å². The average Bonchev–Trinajstić information content (AvgIpc) is 2.36. The molecule has 0 aliphatic rings. The van der Waals surface area contributed by atoms with Crippen LogP contribution in [0, 0.1) is 0 Å². The Morgan fingerprint density at radius 1 is 1.50 bits per heavy atom. The molecule has 0 radical (unpaired) electrons. The number of nitrogens with one attached hydrogen (secondary N) is 2. The fourth-order valence-electron chi connectivity index (χ4n) is 0.903. The van der Waals surface area contributed by atoms with Crippen molar-refractivity contribution in [1.82, 2.24) is 15.2 Å². The van der Waals surface area contributed by atoms with E-state index in [0.717, 1.165) is 5.52 Å². The van der Waals surface area contributed by atoms with Crippen molar-refractivity contribution in [1.29, 1.82) is 0 Å². The van der Waals surface area contributed by atoms with E-state index in [1.54, 1.807) is 18.5 Å². The summed E-state index contributed by atoms with van der Waals surface area (Å²) in [5, 5.41) is 6.60. The number of hydrogen-bond acceptors (Lipinski definition) is 2. The second-order valence-corrected chi connectivity index (χ2v) is 2.00. The molecule has 2 aromatic rings. The smallest absolute Gasteiger partial charge is 0.273 e. The average molecular weight is 135 g/mol. The largest absolute Gasteiger partial charge is 0.360 e. The SMILES string of the molecule is O=c1[nH]ncc2[nH]ccc12. The Kier molecular flexibility index (Phi) is 0.887. The molecule has 0 bridgehead atoms. The normalized spacial score (nSPS) is 10.4. The van der Waals surface area contributed by atoms with Gasteiger partial charge in [0.15, 0.2) is 0 Å². The molecule has 0 amide bonds. The van der Waals surface area contributed by atoms with Crippen molar-refractivity contribution in [2.45, 2.75) is 0 Å². The molecule has 0 aliphatic carbocycles. The van der Waals surface area contributed by atoms with E-state index in [9.17, 15) is 4.79 Å². The predicted molar refractivity (Wildman–Crippen MR) is 36.7 cm³/mol. The van der Waals surface area contributed by atoms with Crippen molar-refractivity contribution < 1.29 is 0 Å². The molecule has 2 heterocycles. The maximum absolute atomic E-state index is 10.9. The molecule has 4 heteroatoms. The zero-order valence-corrected chi connectivity index (χ0v) is 5.09. The first-order chi connectivity index (χ1) is 4.88. The van der Waals surface area contributed by atoms with Gasteiger partial charge in [-0.15, -0.1) is 0 Å². The van der Waals surface area contributed by atoms with Crippen LogP contribution in [0.15, 0.2) is 23.3 Å². The minimum atomic E-state index is -0.154. The van der Waals surface area contributed by atoms with Crippen molar-refractivity contribution >= 4 is 10.9 Å². The van der Waals surface area contributed by atoms with Gasteiger partial charge >= 0.3 is 0 Å². The Balaban J connectivity index is 3.09. The van der Waals surface area contributed by atoms with Gasteiger partial charge in [-0.1, -0.05) is 0 Å². The topological polar surface area (TPSA) is 61.5 Å². The van der Waals surface area contributed by atoms with Gasteiger partial charge in [0, 0.05) is 6.20 Å². The van der Waals surface area contributed by atoms with Crippen LogP contribution in [0.4, 0.5) is 0 Å². The fourth-order valence-corrected chi connectivity index (χ4v) is 0.903. The minimum Gasteiger partial charge on any atom is -0.360 e. The summed E-state index contributed by atoms with van der Waals surface area (Å²) >= 11 is 0. The number of H-pyrrole nitrogens is 2. The number of nitrogens with zero attached hydrogens (tertiary/aromatic N) is 1. The lowest BCUT2D eigenvalue weighted by atomic mass is 10.4. The second kappa shape index (κ2) is 1.70. The summed E-state index contributed by atoms with van der Waals surface area (Å²) in [5.74, 6) is 0. The molecular formula is C6H5N3O. The molecule has 4 nitrogen and oxygen atoms in total. The molecule has 50 valence electrons. The van der Waals surface area contributed by atoms with Gasteiger partial charge in [-0.25, -0.2) is 5.10 Å². The highest BCUT2D eigenvalue weighted by Gasteiger charge is 1.95. The molecule has 2 N–H and O–H groups in total. The lowest BCUT2D eigenvalue weighted by molar-refractivity contribution is 1.01. The third-order valence-corrected chi connectivity index (χ3v) is 1.38. The number of hydrogen-bond donors (Lipinski definition) is 2. The monoisotopic (exact) mass is 135 g/mol. The summed E-state index contributed by atoms with van der Waals surface area (Å²) in [6.45, 7) is 0. The van der Waals surface area contributed by atoms with Gasteiger partial charge in [0.1, 0.15) is 0 Å². The van der Waals surface area contributed by atoms with Crippen molar-refractivity contribution in [2.24, 2.45) is 0 Å². The van der Waals surface area contributed by atoms with Crippen LogP contribution in [0.3, 0.4) is 0 Å². The summed E-state index contributed by atoms with van der Waals surface area (Å²) in [7, 11) is 0. The molecule has 0 aromatic carbocycles. The molecule has 0 spiro atoms. The van der Waals surface area contributed by atoms with Crippen LogP contribution in [0.1, 0.15) is 0 Å². The lowest BCUT2D eigenvalue weighted by Crippen LogP contribution is -2.05. The second-order valence-electron chi connectivity index (χ2n) is 2.00. The summed E-state index contributed by atoms with van der Waals surface area (Å²) in [6.07, 6.45) is 3.29. The van der Waals surface area contributed by atoms with Gasteiger partial charge in [-0.3, -0.25) is 4.79 Å². The van der Waals surface area contributed by atoms with Gasteiger partial charge in [-0.2, -0.15) is 5.10 Å². The Labute approximate surface area is 55.9 Å².